The van der Waals surface area contributed by atoms with Crippen LogP contribution in [0.1, 0.15) is 0 Å². The van der Waals surface area contributed by atoms with Crippen LogP contribution in [0.4, 0.5) is 5.69 Å². The van der Waals surface area contributed by atoms with Crippen LogP contribution in [0.3, 0.4) is 0 Å². The zero-order valence-electron chi connectivity index (χ0n) is 6.97. The van der Waals surface area contributed by atoms with Gasteiger partial charge in [-0.1, -0.05) is 23.2 Å². The molecular weight excluding hydrogens is 246 g/mol. The first kappa shape index (κ1) is 11.4. The molecule has 0 spiro atoms. The molecule has 0 unspecified atom stereocenters. The summed E-state index contributed by atoms with van der Waals surface area (Å²) in [7, 11) is 0. The fourth-order valence-corrected chi connectivity index (χ4v) is 1.36. The molecule has 0 saturated heterocycles. The Hall–Kier alpha value is -0.640. The third kappa shape index (κ3) is 2.67. The Bertz CT molecular complexity index is 379. The van der Waals surface area contributed by atoms with Gasteiger partial charge in [-0.2, -0.15) is 0 Å². The number of alkyl halides is 1. The van der Waals surface area contributed by atoms with E-state index in [1.165, 1.54) is 12.1 Å². The first-order valence-corrected chi connectivity index (χ1v) is 4.90. The van der Waals surface area contributed by atoms with Gasteiger partial charge in [0.05, 0.1) is 10.9 Å². The van der Waals surface area contributed by atoms with Gasteiger partial charge in [0.2, 0.25) is 0 Å². The van der Waals surface area contributed by atoms with Crippen molar-refractivity contribution in [3.05, 3.63) is 22.2 Å². The van der Waals surface area contributed by atoms with Gasteiger partial charge in [-0.15, -0.1) is 11.6 Å². The lowest BCUT2D eigenvalue weighted by atomic mass is 10.3. The van der Waals surface area contributed by atoms with Crippen molar-refractivity contribution in [1.82, 2.24) is 0 Å². The molecule has 3 N–H and O–H groups in total. The molecule has 0 aliphatic heterocycles. The maximum absolute atomic E-state index is 9.47. The molecule has 0 heterocycles. The lowest BCUT2D eigenvalue weighted by molar-refractivity contribution is 0.477. The summed E-state index contributed by atoms with van der Waals surface area (Å²) >= 11 is 16.8. The summed E-state index contributed by atoms with van der Waals surface area (Å²) in [5, 5.41) is 9.96. The second-order valence-corrected chi connectivity index (χ2v) is 3.60. The summed E-state index contributed by atoms with van der Waals surface area (Å²) in [5.74, 6) is 0.0910. The number of halogens is 3. The molecule has 0 aliphatic carbocycles. The molecular formula is C8H7Cl3N2O. The molecule has 6 heteroatoms. The quantitative estimate of drug-likeness (QED) is 0.484. The van der Waals surface area contributed by atoms with Crippen molar-refractivity contribution in [2.75, 3.05) is 5.88 Å². The third-order valence-electron chi connectivity index (χ3n) is 1.41. The highest BCUT2D eigenvalue weighted by Gasteiger charge is 2.07. The Kier molecular flexibility index (Phi) is 3.86. The highest BCUT2D eigenvalue weighted by Crippen LogP contribution is 2.36. The van der Waals surface area contributed by atoms with Crippen LogP contribution >= 0.6 is 34.8 Å². The van der Waals surface area contributed by atoms with E-state index in [9.17, 15) is 5.11 Å². The van der Waals surface area contributed by atoms with E-state index in [2.05, 4.69) is 4.99 Å². The lowest BCUT2D eigenvalue weighted by Crippen LogP contribution is -2.12. The molecule has 76 valence electrons. The van der Waals surface area contributed by atoms with Crippen LogP contribution in [0.2, 0.25) is 10.0 Å². The maximum atomic E-state index is 9.47. The van der Waals surface area contributed by atoms with E-state index >= 15 is 0 Å². The number of phenolic OH excluding ortho intramolecular Hbond substituents is 1. The van der Waals surface area contributed by atoms with Crippen LogP contribution in [0.5, 0.6) is 5.75 Å². The summed E-state index contributed by atoms with van der Waals surface area (Å²) in [5.41, 5.74) is 5.60. The molecule has 14 heavy (non-hydrogen) atoms. The molecule has 1 aromatic carbocycles. The van der Waals surface area contributed by atoms with Gasteiger partial charge in [0.25, 0.3) is 0 Å². The van der Waals surface area contributed by atoms with E-state index in [1.54, 1.807) is 0 Å². The second kappa shape index (κ2) is 4.73. The third-order valence-corrected chi connectivity index (χ3v) is 2.19. The Balaban J connectivity index is 3.21. The Morgan fingerprint density at radius 2 is 2.07 bits per heavy atom. The number of aliphatic imine (C=N–C) groups is 1. The van der Waals surface area contributed by atoms with Crippen LogP contribution in [-0.4, -0.2) is 16.8 Å². The van der Waals surface area contributed by atoms with Gasteiger partial charge in [0.15, 0.2) is 5.75 Å². The topological polar surface area (TPSA) is 58.6 Å². The Labute approximate surface area is 96.1 Å². The van der Waals surface area contributed by atoms with E-state index in [4.69, 9.17) is 40.5 Å². The molecule has 0 fully saturated rings. The van der Waals surface area contributed by atoms with Crippen LogP contribution in [0, 0.1) is 0 Å². The van der Waals surface area contributed by atoms with Gasteiger partial charge in [-0.05, 0) is 12.1 Å². The van der Waals surface area contributed by atoms with Crippen molar-refractivity contribution >= 4 is 46.3 Å². The number of amidine groups is 1. The lowest BCUT2D eigenvalue weighted by Gasteiger charge is -2.03. The zero-order valence-corrected chi connectivity index (χ0v) is 9.24. The standard InChI is InChI=1S/C8H7Cl3N2O/c9-3-7(12)13-6-2-4(10)1-5(11)8(6)14/h1-2,14H,3H2,(H2,12,13). The van der Waals surface area contributed by atoms with E-state index in [0.29, 0.717) is 5.02 Å². The van der Waals surface area contributed by atoms with Crippen molar-refractivity contribution in [2.24, 2.45) is 10.7 Å². The number of aromatic hydroxyl groups is 1. The highest BCUT2D eigenvalue weighted by atomic mass is 35.5. The molecule has 1 rings (SSSR count). The molecule has 0 atom stereocenters. The molecule has 1 aromatic rings. The first-order valence-electron chi connectivity index (χ1n) is 3.61. The van der Waals surface area contributed by atoms with Crippen molar-refractivity contribution in [1.29, 1.82) is 0 Å². The van der Waals surface area contributed by atoms with Gasteiger partial charge >= 0.3 is 0 Å². The van der Waals surface area contributed by atoms with Gasteiger partial charge in [-0.25, -0.2) is 4.99 Å². The smallest absolute Gasteiger partial charge is 0.160 e. The van der Waals surface area contributed by atoms with E-state index in [0.717, 1.165) is 0 Å². The van der Waals surface area contributed by atoms with E-state index in [1.807, 2.05) is 0 Å². The summed E-state index contributed by atoms with van der Waals surface area (Å²) in [4.78, 5) is 3.84. The van der Waals surface area contributed by atoms with E-state index in [-0.39, 0.29) is 28.2 Å². The second-order valence-electron chi connectivity index (χ2n) is 2.49. The zero-order chi connectivity index (χ0) is 10.7. The summed E-state index contributed by atoms with van der Waals surface area (Å²) in [6.45, 7) is 0. The number of nitrogens with zero attached hydrogens (tertiary/aromatic N) is 1. The van der Waals surface area contributed by atoms with E-state index < -0.39 is 0 Å². The molecule has 0 radical (unpaired) electrons. The highest BCUT2D eigenvalue weighted by molar-refractivity contribution is 6.36. The minimum atomic E-state index is -0.163. The van der Waals surface area contributed by atoms with Crippen molar-refractivity contribution in [2.45, 2.75) is 0 Å². The maximum Gasteiger partial charge on any atom is 0.160 e. The summed E-state index contributed by atoms with van der Waals surface area (Å²) < 4.78 is 0. The average molecular weight is 254 g/mol. The summed E-state index contributed by atoms with van der Waals surface area (Å²) in [6, 6.07) is 2.86. The normalized spacial score (nSPS) is 11.8. The number of hydrogen-bond donors (Lipinski definition) is 2. The molecule has 0 amide bonds. The van der Waals surface area contributed by atoms with Crippen molar-refractivity contribution < 1.29 is 5.11 Å². The summed E-state index contributed by atoms with van der Waals surface area (Å²) in [6.07, 6.45) is 0. The van der Waals surface area contributed by atoms with Gasteiger partial charge in [-0.3, -0.25) is 0 Å². The minimum absolute atomic E-state index is 0.0730. The molecule has 0 bridgehead atoms. The monoisotopic (exact) mass is 252 g/mol. The molecule has 3 nitrogen and oxygen atoms in total. The number of phenols is 1. The number of benzene rings is 1. The van der Waals surface area contributed by atoms with Gasteiger partial charge in [0.1, 0.15) is 11.5 Å². The average Bonchev–Trinajstić information content (AvgIpc) is 2.13. The van der Waals surface area contributed by atoms with Gasteiger partial charge < -0.3 is 10.8 Å². The van der Waals surface area contributed by atoms with Crippen molar-refractivity contribution in [3.8, 4) is 5.75 Å². The fraction of sp³-hybridized carbons (Fsp3) is 0.125. The SMILES string of the molecule is NC(CCl)=Nc1cc(Cl)cc(Cl)c1O. The van der Waals surface area contributed by atoms with Crippen LogP contribution in [-0.2, 0) is 0 Å². The van der Waals surface area contributed by atoms with Gasteiger partial charge in [0, 0.05) is 5.02 Å². The van der Waals surface area contributed by atoms with Crippen LogP contribution < -0.4 is 5.73 Å². The first-order chi connectivity index (χ1) is 6.54. The predicted octanol–water partition coefficient (Wildman–Crippen LogP) is 2.93. The Morgan fingerprint density at radius 3 is 2.64 bits per heavy atom. The number of rotatable bonds is 2. The molecule has 0 aliphatic rings. The number of hydrogen-bond acceptors (Lipinski definition) is 2. The van der Waals surface area contributed by atoms with Crippen molar-refractivity contribution in [3.63, 3.8) is 0 Å². The molecule has 0 aromatic heterocycles. The largest absolute Gasteiger partial charge is 0.504 e. The Morgan fingerprint density at radius 1 is 1.43 bits per heavy atom. The number of nitrogens with two attached hydrogens (primary N) is 1. The van der Waals surface area contributed by atoms with Crippen LogP contribution in [0.15, 0.2) is 17.1 Å². The van der Waals surface area contributed by atoms with Crippen LogP contribution in [0.25, 0.3) is 0 Å². The fourth-order valence-electron chi connectivity index (χ4n) is 0.822. The minimum Gasteiger partial charge on any atom is -0.504 e. The predicted molar refractivity (Wildman–Crippen MR) is 60.1 cm³/mol. The molecule has 0 saturated carbocycles.